The van der Waals surface area contributed by atoms with Crippen LogP contribution in [0.3, 0.4) is 0 Å². The summed E-state index contributed by atoms with van der Waals surface area (Å²) in [4.78, 5) is 57.6. The topological polar surface area (TPSA) is 128 Å². The fourth-order valence-corrected chi connectivity index (χ4v) is 7.76. The molecule has 0 radical (unpaired) electrons. The molecule has 1 saturated carbocycles. The average molecular weight is 649 g/mol. The molecule has 256 valence electrons. The SMILES string of the molecule is C=C[C@@H]1C[C@]1(NC(=O)[C@@H]1C[C@@H]2CN1C(=O)[C@H](C(CCC)CCC)NC(C)CCCC/C=C/c1cccc3c1CN(C3)C(=O)O2)C(=O)O. The molecule has 3 amide bonds. The van der Waals surface area contributed by atoms with Gasteiger partial charge < -0.3 is 25.4 Å². The predicted octanol–water partition coefficient (Wildman–Crippen LogP) is 5.40. The monoisotopic (exact) mass is 648 g/mol. The largest absolute Gasteiger partial charge is 0.479 e. The zero-order chi connectivity index (χ0) is 33.7. The number of aliphatic carboxylic acids is 1. The van der Waals surface area contributed by atoms with E-state index in [1.54, 1.807) is 15.9 Å². The van der Waals surface area contributed by atoms with Crippen LogP contribution in [0.5, 0.6) is 0 Å². The van der Waals surface area contributed by atoms with Crippen LogP contribution in [-0.2, 0) is 32.2 Å². The average Bonchev–Trinajstić information content (AvgIpc) is 3.35. The molecule has 2 fully saturated rings. The third-order valence-electron chi connectivity index (χ3n) is 10.5. The van der Waals surface area contributed by atoms with Crippen molar-refractivity contribution in [2.75, 3.05) is 6.54 Å². The van der Waals surface area contributed by atoms with Gasteiger partial charge in [-0.15, -0.1) is 6.58 Å². The van der Waals surface area contributed by atoms with Crippen molar-refractivity contribution < 1.29 is 29.0 Å². The zero-order valence-electron chi connectivity index (χ0n) is 28.2. The number of allylic oxidation sites excluding steroid dienone is 1. The number of ether oxygens (including phenoxy) is 1. The molecule has 1 saturated heterocycles. The number of amides is 3. The maximum atomic E-state index is 14.6. The second-order valence-electron chi connectivity index (χ2n) is 14.0. The lowest BCUT2D eigenvalue weighted by Crippen LogP contribution is -2.58. The molecule has 3 N–H and O–H groups in total. The number of carboxylic acid groups (broad SMARTS) is 1. The summed E-state index contributed by atoms with van der Waals surface area (Å²) in [5, 5.41) is 16.4. The van der Waals surface area contributed by atoms with Crippen molar-refractivity contribution in [3.63, 3.8) is 0 Å². The van der Waals surface area contributed by atoms with Gasteiger partial charge in [-0.3, -0.25) is 14.5 Å². The first-order valence-electron chi connectivity index (χ1n) is 17.6. The maximum absolute atomic E-state index is 14.6. The Bertz CT molecular complexity index is 1370. The van der Waals surface area contributed by atoms with E-state index in [1.165, 1.54) is 0 Å². The number of nitrogens with zero attached hydrogens (tertiary/aromatic N) is 2. The molecule has 1 aromatic carbocycles. The molecule has 1 aromatic rings. The van der Waals surface area contributed by atoms with Crippen molar-refractivity contribution in [3.05, 3.63) is 53.6 Å². The molecule has 6 atom stereocenters. The van der Waals surface area contributed by atoms with Gasteiger partial charge in [0.15, 0.2) is 0 Å². The minimum atomic E-state index is -1.43. The van der Waals surface area contributed by atoms with E-state index in [0.717, 1.165) is 68.1 Å². The van der Waals surface area contributed by atoms with Crippen LogP contribution in [0.2, 0.25) is 0 Å². The van der Waals surface area contributed by atoms with Crippen molar-refractivity contribution in [1.82, 2.24) is 20.4 Å². The highest BCUT2D eigenvalue weighted by atomic mass is 16.6. The Morgan fingerprint density at radius 1 is 1.19 bits per heavy atom. The van der Waals surface area contributed by atoms with Crippen LogP contribution in [0.4, 0.5) is 4.79 Å². The number of benzene rings is 1. The van der Waals surface area contributed by atoms with E-state index < -0.39 is 41.7 Å². The van der Waals surface area contributed by atoms with Crippen LogP contribution in [0, 0.1) is 11.8 Å². The number of carboxylic acids is 1. The summed E-state index contributed by atoms with van der Waals surface area (Å²) in [5.41, 5.74) is 1.86. The van der Waals surface area contributed by atoms with Gasteiger partial charge in [0.1, 0.15) is 17.7 Å². The number of hydrogen-bond acceptors (Lipinski definition) is 6. The van der Waals surface area contributed by atoms with Crippen LogP contribution in [0.25, 0.3) is 6.08 Å². The number of carbonyl (C=O) groups is 4. The Kier molecular flexibility index (Phi) is 11.1. The van der Waals surface area contributed by atoms with Gasteiger partial charge in [0.05, 0.1) is 19.1 Å². The number of rotatable bonds is 9. The van der Waals surface area contributed by atoms with Gasteiger partial charge in [0, 0.05) is 24.9 Å². The van der Waals surface area contributed by atoms with Crippen molar-refractivity contribution in [2.24, 2.45) is 11.8 Å². The van der Waals surface area contributed by atoms with Crippen LogP contribution in [0.1, 0.15) is 102 Å². The fourth-order valence-electron chi connectivity index (χ4n) is 7.76. The van der Waals surface area contributed by atoms with Crippen LogP contribution in [-0.4, -0.2) is 75.1 Å². The van der Waals surface area contributed by atoms with E-state index in [0.29, 0.717) is 13.1 Å². The second kappa shape index (κ2) is 15.0. The van der Waals surface area contributed by atoms with E-state index in [9.17, 15) is 24.3 Å². The third kappa shape index (κ3) is 7.58. The molecule has 1 unspecified atom stereocenters. The summed E-state index contributed by atoms with van der Waals surface area (Å²) in [6, 6.07) is 4.71. The van der Waals surface area contributed by atoms with E-state index in [4.69, 9.17) is 4.74 Å². The van der Waals surface area contributed by atoms with Crippen molar-refractivity contribution >= 4 is 30.0 Å². The maximum Gasteiger partial charge on any atom is 0.410 e. The highest BCUT2D eigenvalue weighted by Crippen LogP contribution is 2.45. The molecule has 5 rings (SSSR count). The van der Waals surface area contributed by atoms with Gasteiger partial charge in [-0.1, -0.05) is 69.5 Å². The lowest BCUT2D eigenvalue weighted by atomic mass is 9.88. The van der Waals surface area contributed by atoms with Gasteiger partial charge in [0.25, 0.3) is 0 Å². The first kappa shape index (κ1) is 34.7. The highest BCUT2D eigenvalue weighted by Gasteiger charge is 2.61. The lowest BCUT2D eigenvalue weighted by molar-refractivity contribution is -0.146. The molecule has 3 heterocycles. The second-order valence-corrected chi connectivity index (χ2v) is 14.0. The summed E-state index contributed by atoms with van der Waals surface area (Å²) in [7, 11) is 0. The Hall–Kier alpha value is -3.66. The molecule has 10 nitrogen and oxygen atoms in total. The van der Waals surface area contributed by atoms with Gasteiger partial charge in [-0.2, -0.15) is 0 Å². The lowest BCUT2D eigenvalue weighted by Gasteiger charge is -2.35. The molecule has 47 heavy (non-hydrogen) atoms. The van der Waals surface area contributed by atoms with Crippen LogP contribution < -0.4 is 10.6 Å². The summed E-state index contributed by atoms with van der Waals surface area (Å²) in [6.07, 6.45) is 12.5. The molecule has 0 spiro atoms. The molecular formula is C37H52N4O6. The number of carbonyl (C=O) groups excluding carboxylic acids is 3. The molecule has 3 aliphatic heterocycles. The van der Waals surface area contributed by atoms with E-state index in [1.807, 2.05) is 12.1 Å². The van der Waals surface area contributed by atoms with Gasteiger partial charge in [-0.05, 0) is 68.1 Å². The quantitative estimate of drug-likeness (QED) is 0.306. The van der Waals surface area contributed by atoms with Crippen molar-refractivity contribution in [2.45, 2.75) is 128 Å². The summed E-state index contributed by atoms with van der Waals surface area (Å²) < 4.78 is 6.03. The molecule has 1 aliphatic carbocycles. The molecule has 4 aliphatic rings. The number of nitrogens with one attached hydrogen (secondary N) is 2. The Labute approximate surface area is 279 Å². The Balaban J connectivity index is 1.45. The van der Waals surface area contributed by atoms with Gasteiger partial charge in [-0.25, -0.2) is 9.59 Å². The van der Waals surface area contributed by atoms with Crippen LogP contribution >= 0.6 is 0 Å². The van der Waals surface area contributed by atoms with E-state index in [2.05, 4.69) is 56.2 Å². The zero-order valence-corrected chi connectivity index (χ0v) is 28.2. The van der Waals surface area contributed by atoms with E-state index >= 15 is 0 Å². The van der Waals surface area contributed by atoms with Gasteiger partial charge >= 0.3 is 12.1 Å². The molecule has 10 heteroatoms. The summed E-state index contributed by atoms with van der Waals surface area (Å²) >= 11 is 0. The Morgan fingerprint density at radius 3 is 2.64 bits per heavy atom. The standard InChI is InChI=1S/C37H52N4O6/c1-5-13-26(14-6-2)32-34(43)41-22-29(19-31(41)33(42)39-37(35(44)45)20-28(37)7-3)47-36(46)40-21-27-18-12-17-25(30(27)23-40)16-11-9-8-10-15-24(4)38-32/h7,11-12,16-18,24,26,28-29,31-32,38H,3,5-6,8-10,13-15,19-23H2,1-2,4H3,(H,39,42)(H,44,45)/b16-11+/t24?,28-,29-,31+,32+,37-/m1/s1. The van der Waals surface area contributed by atoms with Crippen molar-refractivity contribution in [1.29, 1.82) is 0 Å². The van der Waals surface area contributed by atoms with Crippen molar-refractivity contribution in [3.8, 4) is 0 Å². The number of hydrogen-bond donors (Lipinski definition) is 3. The van der Waals surface area contributed by atoms with E-state index in [-0.39, 0.29) is 43.2 Å². The summed E-state index contributed by atoms with van der Waals surface area (Å²) in [6.45, 7) is 11.0. The minimum Gasteiger partial charge on any atom is -0.479 e. The predicted molar refractivity (Wildman–Crippen MR) is 180 cm³/mol. The van der Waals surface area contributed by atoms with Crippen LogP contribution in [0.15, 0.2) is 36.9 Å². The highest BCUT2D eigenvalue weighted by molar-refractivity contribution is 5.95. The Morgan fingerprint density at radius 2 is 1.96 bits per heavy atom. The molecule has 4 bridgehead atoms. The minimum absolute atomic E-state index is 0.0672. The molecule has 0 aromatic heterocycles. The van der Waals surface area contributed by atoms with Gasteiger partial charge in [0.2, 0.25) is 11.8 Å². The smallest absolute Gasteiger partial charge is 0.410 e. The number of fused-ring (bicyclic) bond motifs is 3. The molecular weight excluding hydrogens is 596 g/mol. The normalized spacial score (nSPS) is 30.3. The third-order valence-corrected chi connectivity index (χ3v) is 10.5. The summed E-state index contributed by atoms with van der Waals surface area (Å²) in [5.74, 6) is -2.17. The first-order chi connectivity index (χ1) is 22.6. The fraction of sp³-hybridized carbons (Fsp3) is 0.622. The first-order valence-corrected chi connectivity index (χ1v) is 17.6.